The molecule has 0 atom stereocenters. The molecule has 1 amide bonds. The fourth-order valence-corrected chi connectivity index (χ4v) is 2.98. The number of aromatic nitrogens is 4. The van der Waals surface area contributed by atoms with Gasteiger partial charge in [0.05, 0.1) is 5.69 Å². The van der Waals surface area contributed by atoms with Crippen molar-refractivity contribution in [2.75, 3.05) is 12.1 Å². The van der Waals surface area contributed by atoms with Gasteiger partial charge in [-0.2, -0.15) is 9.61 Å². The Morgan fingerprint density at radius 3 is 2.79 bits per heavy atom. The van der Waals surface area contributed by atoms with E-state index in [-0.39, 0.29) is 12.7 Å². The molecule has 5 rings (SSSR count). The topological polar surface area (TPSA) is 90.6 Å². The maximum atomic E-state index is 12.2. The highest BCUT2D eigenvalue weighted by Gasteiger charge is 2.12. The lowest BCUT2D eigenvalue weighted by atomic mass is 10.1. The molecule has 8 nitrogen and oxygen atoms in total. The molecule has 3 heterocycles. The van der Waals surface area contributed by atoms with Crippen LogP contribution < -0.4 is 14.8 Å². The smallest absolute Gasteiger partial charge is 0.248 e. The second-order valence-electron chi connectivity index (χ2n) is 6.36. The molecule has 8 heteroatoms. The molecule has 2 aromatic heterocycles. The minimum absolute atomic E-state index is 0.223. The largest absolute Gasteiger partial charge is 0.454 e. The minimum Gasteiger partial charge on any atom is -0.454 e. The van der Waals surface area contributed by atoms with Crippen LogP contribution in [0.1, 0.15) is 5.56 Å². The lowest BCUT2D eigenvalue weighted by Gasteiger charge is -2.05. The van der Waals surface area contributed by atoms with Crippen LogP contribution in [0, 0.1) is 0 Å². The van der Waals surface area contributed by atoms with Crippen LogP contribution in [0.4, 0.5) is 5.69 Å². The van der Waals surface area contributed by atoms with Gasteiger partial charge < -0.3 is 14.8 Å². The lowest BCUT2D eigenvalue weighted by Crippen LogP contribution is -2.07. The number of rotatable bonds is 4. The maximum Gasteiger partial charge on any atom is 0.248 e. The zero-order valence-corrected chi connectivity index (χ0v) is 15.1. The number of fused-ring (bicyclic) bond motifs is 2. The fraction of sp³-hybridized carbons (Fsp3) is 0.0476. The van der Waals surface area contributed by atoms with Crippen molar-refractivity contribution >= 4 is 23.3 Å². The van der Waals surface area contributed by atoms with Gasteiger partial charge in [0.15, 0.2) is 17.1 Å². The van der Waals surface area contributed by atoms with Crippen molar-refractivity contribution in [1.82, 2.24) is 19.8 Å². The highest BCUT2D eigenvalue weighted by molar-refractivity contribution is 6.02. The molecule has 0 unspecified atom stereocenters. The molecular weight excluding hydrogens is 370 g/mol. The number of hydrogen-bond donors (Lipinski definition) is 1. The summed E-state index contributed by atoms with van der Waals surface area (Å²) in [4.78, 5) is 12.2. The second-order valence-corrected chi connectivity index (χ2v) is 6.36. The van der Waals surface area contributed by atoms with Crippen molar-refractivity contribution < 1.29 is 14.3 Å². The summed E-state index contributed by atoms with van der Waals surface area (Å²) in [7, 11) is 0. The van der Waals surface area contributed by atoms with Crippen LogP contribution in [0.5, 0.6) is 11.5 Å². The molecule has 0 saturated carbocycles. The van der Waals surface area contributed by atoms with Crippen LogP contribution >= 0.6 is 0 Å². The normalized spacial score (nSPS) is 12.6. The number of carbonyl (C=O) groups excluding carboxylic acids is 1. The number of hydrogen-bond acceptors (Lipinski definition) is 6. The summed E-state index contributed by atoms with van der Waals surface area (Å²) >= 11 is 0. The third-order valence-corrected chi connectivity index (χ3v) is 4.43. The third-order valence-electron chi connectivity index (χ3n) is 4.43. The van der Waals surface area contributed by atoms with E-state index in [0.29, 0.717) is 22.8 Å². The number of amides is 1. The first-order valence-corrected chi connectivity index (χ1v) is 8.91. The summed E-state index contributed by atoms with van der Waals surface area (Å²) in [6.45, 7) is 0.224. The van der Waals surface area contributed by atoms with E-state index >= 15 is 0 Å². The van der Waals surface area contributed by atoms with Gasteiger partial charge in [-0.1, -0.05) is 18.2 Å². The number of anilines is 1. The summed E-state index contributed by atoms with van der Waals surface area (Å²) in [5, 5.41) is 15.1. The van der Waals surface area contributed by atoms with Gasteiger partial charge in [0.1, 0.15) is 6.33 Å². The Balaban J connectivity index is 1.26. The Bertz CT molecular complexity index is 1230. The first-order valence-electron chi connectivity index (χ1n) is 8.91. The maximum absolute atomic E-state index is 12.2. The number of ether oxygens (including phenoxy) is 2. The van der Waals surface area contributed by atoms with Gasteiger partial charge in [-0.15, -0.1) is 10.2 Å². The molecule has 1 aliphatic rings. The Morgan fingerprint density at radius 1 is 1.03 bits per heavy atom. The molecule has 29 heavy (non-hydrogen) atoms. The zero-order valence-electron chi connectivity index (χ0n) is 15.1. The zero-order chi connectivity index (χ0) is 19.6. The van der Waals surface area contributed by atoms with Crippen LogP contribution in [-0.2, 0) is 4.79 Å². The molecule has 2 aromatic carbocycles. The SMILES string of the molecule is O=C(/C=C/c1ccc2c(c1)OCO2)Nc1ccc(-c2ccc3nncn3n2)cc1. The summed E-state index contributed by atoms with van der Waals surface area (Å²) in [5.41, 5.74) is 3.95. The molecule has 1 N–H and O–H groups in total. The minimum atomic E-state index is -0.223. The van der Waals surface area contributed by atoms with Crippen LogP contribution in [0.2, 0.25) is 0 Å². The van der Waals surface area contributed by atoms with Crippen LogP contribution in [0.15, 0.2) is 67.0 Å². The van der Waals surface area contributed by atoms with Crippen molar-refractivity contribution in [3.8, 4) is 22.8 Å². The van der Waals surface area contributed by atoms with E-state index in [1.54, 1.807) is 16.9 Å². The molecule has 4 aromatic rings. The van der Waals surface area contributed by atoms with E-state index in [0.717, 1.165) is 16.8 Å². The standard InChI is InChI=1S/C21H15N5O3/c27-21(10-2-14-1-8-18-19(11-14)29-13-28-18)23-16-5-3-15(4-6-16)17-7-9-20-24-22-12-26(20)25-17/h1-12H,13H2,(H,23,27)/b10-2+. The molecule has 0 fully saturated rings. The summed E-state index contributed by atoms with van der Waals surface area (Å²) < 4.78 is 12.2. The molecule has 142 valence electrons. The van der Waals surface area contributed by atoms with Crippen LogP contribution in [-0.4, -0.2) is 32.5 Å². The quantitative estimate of drug-likeness (QED) is 0.543. The average molecular weight is 385 g/mol. The highest BCUT2D eigenvalue weighted by atomic mass is 16.7. The van der Waals surface area contributed by atoms with E-state index in [1.165, 1.54) is 6.08 Å². The average Bonchev–Trinajstić information content (AvgIpc) is 3.41. The first-order chi connectivity index (χ1) is 14.2. The summed E-state index contributed by atoms with van der Waals surface area (Å²) in [6.07, 6.45) is 4.76. The number of carbonyl (C=O) groups is 1. The molecule has 0 radical (unpaired) electrons. The van der Waals surface area contributed by atoms with Crippen LogP contribution in [0.3, 0.4) is 0 Å². The van der Waals surface area contributed by atoms with Gasteiger partial charge in [0.25, 0.3) is 0 Å². The second kappa shape index (κ2) is 7.08. The van der Waals surface area contributed by atoms with Crippen molar-refractivity contribution in [2.24, 2.45) is 0 Å². The van der Waals surface area contributed by atoms with Crippen molar-refractivity contribution in [3.05, 3.63) is 72.6 Å². The Hall–Kier alpha value is -4.20. The molecule has 0 spiro atoms. The molecule has 0 saturated heterocycles. The van der Waals surface area contributed by atoms with Crippen LogP contribution in [0.25, 0.3) is 23.0 Å². The third kappa shape index (κ3) is 3.51. The number of nitrogens with zero attached hydrogens (tertiary/aromatic N) is 4. The Labute approximate surface area is 165 Å². The monoisotopic (exact) mass is 385 g/mol. The molecule has 0 aliphatic carbocycles. The first kappa shape index (κ1) is 16.9. The van der Waals surface area contributed by atoms with Gasteiger partial charge in [-0.3, -0.25) is 4.79 Å². The Kier molecular flexibility index (Phi) is 4.14. The van der Waals surface area contributed by atoms with Gasteiger partial charge >= 0.3 is 0 Å². The molecule has 0 bridgehead atoms. The number of benzene rings is 2. The summed E-state index contributed by atoms with van der Waals surface area (Å²) in [6, 6.07) is 16.7. The predicted molar refractivity (Wildman–Crippen MR) is 106 cm³/mol. The van der Waals surface area contributed by atoms with E-state index < -0.39 is 0 Å². The Morgan fingerprint density at radius 2 is 1.90 bits per heavy atom. The fourth-order valence-electron chi connectivity index (χ4n) is 2.98. The van der Waals surface area contributed by atoms with E-state index in [1.807, 2.05) is 54.6 Å². The van der Waals surface area contributed by atoms with Gasteiger partial charge in [-0.05, 0) is 48.0 Å². The molecule has 1 aliphatic heterocycles. The van der Waals surface area contributed by atoms with Gasteiger partial charge in [0, 0.05) is 17.3 Å². The van der Waals surface area contributed by atoms with Gasteiger partial charge in [-0.25, -0.2) is 0 Å². The van der Waals surface area contributed by atoms with E-state index in [9.17, 15) is 4.79 Å². The molecular formula is C21H15N5O3. The number of nitrogens with one attached hydrogen (secondary N) is 1. The lowest BCUT2D eigenvalue weighted by molar-refractivity contribution is -0.111. The van der Waals surface area contributed by atoms with Crippen molar-refractivity contribution in [3.63, 3.8) is 0 Å². The van der Waals surface area contributed by atoms with Gasteiger partial charge in [0.2, 0.25) is 12.7 Å². The van der Waals surface area contributed by atoms with E-state index in [2.05, 4.69) is 20.6 Å². The predicted octanol–water partition coefficient (Wildman–Crippen LogP) is 3.17. The van der Waals surface area contributed by atoms with Crippen molar-refractivity contribution in [1.29, 1.82) is 0 Å². The van der Waals surface area contributed by atoms with Crippen molar-refractivity contribution in [2.45, 2.75) is 0 Å². The highest BCUT2D eigenvalue weighted by Crippen LogP contribution is 2.32. The van der Waals surface area contributed by atoms with E-state index in [4.69, 9.17) is 9.47 Å². The summed E-state index contributed by atoms with van der Waals surface area (Å²) in [5.74, 6) is 1.17.